The summed E-state index contributed by atoms with van der Waals surface area (Å²) >= 11 is 1.23. The number of thiophene rings is 1. The minimum Gasteiger partial charge on any atom is -0.478 e. The van der Waals surface area contributed by atoms with Crippen LogP contribution >= 0.6 is 11.3 Å². The molecule has 0 saturated heterocycles. The van der Waals surface area contributed by atoms with Crippen molar-refractivity contribution in [2.75, 3.05) is 5.32 Å². The van der Waals surface area contributed by atoms with Crippen LogP contribution in [0.4, 0.5) is 10.1 Å². The van der Waals surface area contributed by atoms with Gasteiger partial charge in [-0.05, 0) is 36.8 Å². The van der Waals surface area contributed by atoms with Crippen molar-refractivity contribution in [3.05, 3.63) is 57.5 Å². The van der Waals surface area contributed by atoms with E-state index >= 15 is 0 Å². The average molecular weight is 305 g/mol. The number of rotatable bonds is 4. The second-order valence-corrected chi connectivity index (χ2v) is 5.29. The van der Waals surface area contributed by atoms with E-state index in [1.165, 1.54) is 29.5 Å². The third kappa shape index (κ3) is 4.00. The van der Waals surface area contributed by atoms with Crippen LogP contribution in [0.5, 0.6) is 0 Å². The first-order valence-corrected chi connectivity index (χ1v) is 6.91. The Labute approximate surface area is 124 Å². The van der Waals surface area contributed by atoms with E-state index in [0.717, 1.165) is 11.6 Å². The summed E-state index contributed by atoms with van der Waals surface area (Å²) in [6.45, 7) is 1.76. The third-order valence-corrected chi connectivity index (χ3v) is 3.54. The van der Waals surface area contributed by atoms with E-state index < -0.39 is 17.7 Å². The van der Waals surface area contributed by atoms with Crippen molar-refractivity contribution < 1.29 is 19.1 Å². The van der Waals surface area contributed by atoms with Gasteiger partial charge in [-0.1, -0.05) is 6.07 Å². The topological polar surface area (TPSA) is 66.4 Å². The largest absolute Gasteiger partial charge is 0.478 e. The van der Waals surface area contributed by atoms with Crippen molar-refractivity contribution in [1.29, 1.82) is 0 Å². The zero-order chi connectivity index (χ0) is 15.4. The quantitative estimate of drug-likeness (QED) is 0.849. The summed E-state index contributed by atoms with van der Waals surface area (Å²) < 4.78 is 13.7. The second-order valence-electron chi connectivity index (χ2n) is 4.35. The summed E-state index contributed by atoms with van der Waals surface area (Å²) in [6, 6.07) is 6.09. The van der Waals surface area contributed by atoms with Gasteiger partial charge in [0.15, 0.2) is 0 Å². The molecule has 108 valence electrons. The molecule has 2 N–H and O–H groups in total. The zero-order valence-electron chi connectivity index (χ0n) is 11.1. The van der Waals surface area contributed by atoms with Gasteiger partial charge < -0.3 is 10.4 Å². The van der Waals surface area contributed by atoms with Crippen molar-refractivity contribution in [2.24, 2.45) is 0 Å². The number of carboxylic acid groups (broad SMARTS) is 1. The Balaban J connectivity index is 2.12. The van der Waals surface area contributed by atoms with E-state index in [-0.39, 0.29) is 5.69 Å². The molecule has 2 aromatic rings. The van der Waals surface area contributed by atoms with Crippen molar-refractivity contribution in [2.45, 2.75) is 6.92 Å². The van der Waals surface area contributed by atoms with Crippen molar-refractivity contribution in [3.63, 3.8) is 0 Å². The predicted octanol–water partition coefficient (Wildman–Crippen LogP) is 3.55. The van der Waals surface area contributed by atoms with Crippen LogP contribution in [0, 0.1) is 12.7 Å². The maximum atomic E-state index is 13.7. The van der Waals surface area contributed by atoms with E-state index in [1.807, 2.05) is 0 Å². The van der Waals surface area contributed by atoms with Crippen LogP contribution in [-0.2, 0) is 4.79 Å². The zero-order valence-corrected chi connectivity index (χ0v) is 11.9. The van der Waals surface area contributed by atoms with Gasteiger partial charge in [-0.25, -0.2) is 9.18 Å². The lowest BCUT2D eigenvalue weighted by Gasteiger charge is -2.05. The lowest BCUT2D eigenvalue weighted by molar-refractivity contribution is -0.131. The van der Waals surface area contributed by atoms with E-state index in [0.29, 0.717) is 10.4 Å². The standard InChI is InChI=1S/C15H12FNO3S/c1-9-2-4-13(12(16)6-9)17-15(20)10-7-11(21-8-10)3-5-14(18)19/h2-8H,1H3,(H,17,20)(H,18,19). The summed E-state index contributed by atoms with van der Waals surface area (Å²) in [5.74, 6) is -2.00. The van der Waals surface area contributed by atoms with E-state index in [1.54, 1.807) is 24.4 Å². The van der Waals surface area contributed by atoms with Crippen LogP contribution in [-0.4, -0.2) is 17.0 Å². The van der Waals surface area contributed by atoms with Crippen molar-refractivity contribution in [1.82, 2.24) is 0 Å². The fourth-order valence-electron chi connectivity index (χ4n) is 1.63. The molecule has 0 spiro atoms. The van der Waals surface area contributed by atoms with Crippen LogP contribution in [0.25, 0.3) is 6.08 Å². The number of aliphatic carboxylic acids is 1. The Morgan fingerprint density at radius 1 is 1.33 bits per heavy atom. The fourth-order valence-corrected chi connectivity index (χ4v) is 2.41. The van der Waals surface area contributed by atoms with Gasteiger partial charge in [0, 0.05) is 16.3 Å². The van der Waals surface area contributed by atoms with Crippen LogP contribution in [0.2, 0.25) is 0 Å². The average Bonchev–Trinajstić information content (AvgIpc) is 2.88. The molecule has 1 amide bonds. The number of halogens is 1. The Morgan fingerprint density at radius 3 is 2.76 bits per heavy atom. The van der Waals surface area contributed by atoms with Crippen LogP contribution < -0.4 is 5.32 Å². The first kappa shape index (κ1) is 14.9. The number of anilines is 1. The first-order chi connectivity index (χ1) is 9.95. The van der Waals surface area contributed by atoms with Crippen molar-refractivity contribution >= 4 is 35.0 Å². The van der Waals surface area contributed by atoms with Gasteiger partial charge in [0.05, 0.1) is 11.3 Å². The van der Waals surface area contributed by atoms with Gasteiger partial charge in [-0.3, -0.25) is 4.79 Å². The number of carbonyl (C=O) groups excluding carboxylic acids is 1. The number of benzene rings is 1. The normalized spacial score (nSPS) is 10.8. The van der Waals surface area contributed by atoms with E-state index in [4.69, 9.17) is 5.11 Å². The summed E-state index contributed by atoms with van der Waals surface area (Å²) in [5.41, 5.74) is 1.23. The van der Waals surface area contributed by atoms with Crippen LogP contribution in [0.15, 0.2) is 35.7 Å². The Kier molecular flexibility index (Phi) is 4.49. The maximum absolute atomic E-state index is 13.7. The summed E-state index contributed by atoms with van der Waals surface area (Å²) in [6.07, 6.45) is 2.39. The molecule has 0 aliphatic heterocycles. The highest BCUT2D eigenvalue weighted by molar-refractivity contribution is 7.11. The molecule has 0 radical (unpaired) electrons. The van der Waals surface area contributed by atoms with Gasteiger partial charge in [-0.2, -0.15) is 0 Å². The number of carboxylic acids is 1. The molecular formula is C15H12FNO3S. The molecule has 0 aliphatic rings. The second kappa shape index (κ2) is 6.32. The van der Waals surface area contributed by atoms with Gasteiger partial charge in [0.2, 0.25) is 0 Å². The number of hydrogen-bond donors (Lipinski definition) is 2. The van der Waals surface area contributed by atoms with Gasteiger partial charge >= 0.3 is 5.97 Å². The molecule has 0 unspecified atom stereocenters. The molecule has 0 atom stereocenters. The molecule has 0 bridgehead atoms. The highest BCUT2D eigenvalue weighted by Gasteiger charge is 2.11. The van der Waals surface area contributed by atoms with Crippen LogP contribution in [0.1, 0.15) is 20.8 Å². The molecule has 1 aromatic carbocycles. The smallest absolute Gasteiger partial charge is 0.328 e. The maximum Gasteiger partial charge on any atom is 0.328 e. The minimum absolute atomic E-state index is 0.111. The third-order valence-electron chi connectivity index (χ3n) is 2.64. The molecule has 4 nitrogen and oxygen atoms in total. The lowest BCUT2D eigenvalue weighted by atomic mass is 10.2. The van der Waals surface area contributed by atoms with Gasteiger partial charge in [-0.15, -0.1) is 11.3 Å². The number of aryl methyl sites for hydroxylation is 1. The van der Waals surface area contributed by atoms with E-state index in [2.05, 4.69) is 5.32 Å². The summed E-state index contributed by atoms with van der Waals surface area (Å²) in [4.78, 5) is 23.0. The van der Waals surface area contributed by atoms with Gasteiger partial charge in [0.25, 0.3) is 5.91 Å². The molecule has 0 saturated carbocycles. The number of amides is 1. The molecule has 1 heterocycles. The highest BCUT2D eigenvalue weighted by atomic mass is 32.1. The predicted molar refractivity (Wildman–Crippen MR) is 80.1 cm³/mol. The Hall–Kier alpha value is -2.47. The lowest BCUT2D eigenvalue weighted by Crippen LogP contribution is -2.12. The highest BCUT2D eigenvalue weighted by Crippen LogP contribution is 2.20. The van der Waals surface area contributed by atoms with E-state index in [9.17, 15) is 14.0 Å². The summed E-state index contributed by atoms with van der Waals surface area (Å²) in [7, 11) is 0. The fraction of sp³-hybridized carbons (Fsp3) is 0.0667. The molecule has 1 aromatic heterocycles. The molecule has 0 aliphatic carbocycles. The van der Waals surface area contributed by atoms with Gasteiger partial charge in [0.1, 0.15) is 5.82 Å². The SMILES string of the molecule is Cc1ccc(NC(=O)c2csc(C=CC(=O)O)c2)c(F)c1. The summed E-state index contributed by atoms with van der Waals surface area (Å²) in [5, 5.41) is 12.6. The number of hydrogen-bond acceptors (Lipinski definition) is 3. The molecule has 21 heavy (non-hydrogen) atoms. The van der Waals surface area contributed by atoms with Crippen molar-refractivity contribution in [3.8, 4) is 0 Å². The monoisotopic (exact) mass is 305 g/mol. The number of carbonyl (C=O) groups is 2. The number of nitrogens with one attached hydrogen (secondary N) is 1. The first-order valence-electron chi connectivity index (χ1n) is 6.03. The molecule has 0 fully saturated rings. The Morgan fingerprint density at radius 2 is 2.10 bits per heavy atom. The molecule has 2 rings (SSSR count). The van der Waals surface area contributed by atoms with Crippen LogP contribution in [0.3, 0.4) is 0 Å². The molecule has 6 heteroatoms. The minimum atomic E-state index is -1.06. The Bertz CT molecular complexity index is 721. The molecular weight excluding hydrogens is 293 g/mol.